The summed E-state index contributed by atoms with van der Waals surface area (Å²) in [7, 11) is 0. The molecule has 1 fully saturated rings. The number of hydrogen-bond donors (Lipinski definition) is 2. The van der Waals surface area contributed by atoms with Gasteiger partial charge in [-0.05, 0) is 56.2 Å². The smallest absolute Gasteiger partial charge is 0.323 e. The Labute approximate surface area is 209 Å². The Kier molecular flexibility index (Phi) is 6.18. The monoisotopic (exact) mass is 492 g/mol. The third-order valence-corrected chi connectivity index (χ3v) is 6.85. The summed E-state index contributed by atoms with van der Waals surface area (Å²) < 4.78 is 25.3. The minimum absolute atomic E-state index is 0.307. The standard InChI is InChI=1S/C28H29FN2O5/c1-4-35-27(34)23-12-19(32)15-31(23)14-16-5-7-17(8-6-16)21-13-24(36-28(21,2)3)25-20-11-18(29)9-10-22(20)30-26(25)33/h5-11,13,19,23,32H,4,12,14-15H2,1-3H3,(H,30,33)/b25-24+/t19-,23+/m1/s1. The van der Waals surface area contributed by atoms with Gasteiger partial charge in [-0.3, -0.25) is 14.5 Å². The van der Waals surface area contributed by atoms with Crippen molar-refractivity contribution in [2.45, 2.75) is 51.5 Å². The first-order valence-electron chi connectivity index (χ1n) is 12.1. The minimum Gasteiger partial charge on any atom is -0.482 e. The summed E-state index contributed by atoms with van der Waals surface area (Å²) in [6.07, 6.45) is 1.66. The second-order valence-corrected chi connectivity index (χ2v) is 9.84. The predicted octanol–water partition coefficient (Wildman–Crippen LogP) is 3.88. The number of β-amino-alcohol motifs (C(OH)–C–C–N with tert-alkyl or cyclic N) is 1. The van der Waals surface area contributed by atoms with Crippen LogP contribution in [0, 0.1) is 5.82 Å². The van der Waals surface area contributed by atoms with Crippen LogP contribution in [-0.2, 0) is 25.6 Å². The number of ether oxygens (including phenoxy) is 2. The van der Waals surface area contributed by atoms with Crippen LogP contribution in [0.5, 0.6) is 0 Å². The lowest BCUT2D eigenvalue weighted by Crippen LogP contribution is -2.36. The highest BCUT2D eigenvalue weighted by molar-refractivity contribution is 6.32. The van der Waals surface area contributed by atoms with Crippen molar-refractivity contribution in [3.63, 3.8) is 0 Å². The topological polar surface area (TPSA) is 88.1 Å². The Hall–Kier alpha value is -3.49. The molecule has 0 spiro atoms. The molecule has 2 aromatic rings. The Morgan fingerprint density at radius 1 is 1.25 bits per heavy atom. The second kappa shape index (κ2) is 9.19. The van der Waals surface area contributed by atoms with Gasteiger partial charge < -0.3 is 19.9 Å². The number of nitrogens with zero attached hydrogens (tertiary/aromatic N) is 1. The van der Waals surface area contributed by atoms with Gasteiger partial charge in [0.15, 0.2) is 0 Å². The third-order valence-electron chi connectivity index (χ3n) is 6.85. The molecule has 0 aliphatic carbocycles. The van der Waals surface area contributed by atoms with Gasteiger partial charge >= 0.3 is 5.97 Å². The lowest BCUT2D eigenvalue weighted by Gasteiger charge is -2.24. The van der Waals surface area contributed by atoms with E-state index in [1.165, 1.54) is 12.1 Å². The van der Waals surface area contributed by atoms with Gasteiger partial charge in [-0.2, -0.15) is 0 Å². The van der Waals surface area contributed by atoms with Gasteiger partial charge in [0.05, 0.1) is 18.3 Å². The molecule has 5 rings (SSSR count). The molecular formula is C28H29FN2O5. The van der Waals surface area contributed by atoms with E-state index < -0.39 is 23.6 Å². The number of fused-ring (bicyclic) bond motifs is 1. The van der Waals surface area contributed by atoms with E-state index in [2.05, 4.69) is 5.32 Å². The van der Waals surface area contributed by atoms with Crippen LogP contribution in [0.3, 0.4) is 0 Å². The Morgan fingerprint density at radius 2 is 2.00 bits per heavy atom. The third kappa shape index (κ3) is 4.42. The van der Waals surface area contributed by atoms with E-state index in [1.54, 1.807) is 13.0 Å². The van der Waals surface area contributed by atoms with E-state index in [4.69, 9.17) is 9.47 Å². The molecule has 36 heavy (non-hydrogen) atoms. The Balaban J connectivity index is 1.40. The highest BCUT2D eigenvalue weighted by Gasteiger charge is 2.39. The van der Waals surface area contributed by atoms with Crippen LogP contribution < -0.4 is 5.32 Å². The van der Waals surface area contributed by atoms with E-state index in [0.717, 1.165) is 16.7 Å². The number of carbonyl (C=O) groups is 2. The lowest BCUT2D eigenvalue weighted by atomic mass is 9.91. The van der Waals surface area contributed by atoms with E-state index >= 15 is 0 Å². The summed E-state index contributed by atoms with van der Waals surface area (Å²) in [6.45, 7) is 6.86. The van der Waals surface area contributed by atoms with Crippen molar-refractivity contribution in [1.82, 2.24) is 4.90 Å². The predicted molar refractivity (Wildman–Crippen MR) is 133 cm³/mol. The first-order chi connectivity index (χ1) is 17.2. The molecule has 1 saturated heterocycles. The number of hydrogen-bond acceptors (Lipinski definition) is 6. The van der Waals surface area contributed by atoms with Crippen molar-refractivity contribution in [3.05, 3.63) is 76.8 Å². The SMILES string of the molecule is CCOC(=O)[C@@H]1C[C@@H](O)CN1Cc1ccc(C2=C/C(=C3\C(=O)Nc4ccc(F)cc43)OC2(C)C)cc1. The molecule has 0 radical (unpaired) electrons. The molecule has 7 nitrogen and oxygen atoms in total. The quantitative estimate of drug-likeness (QED) is 0.487. The number of rotatable bonds is 5. The maximum absolute atomic E-state index is 13.9. The van der Waals surface area contributed by atoms with E-state index in [0.29, 0.717) is 48.7 Å². The number of likely N-dealkylation sites (tertiary alicyclic amines) is 1. The number of halogens is 1. The molecular weight excluding hydrogens is 463 g/mol. The summed E-state index contributed by atoms with van der Waals surface area (Å²) >= 11 is 0. The maximum atomic E-state index is 13.9. The van der Waals surface area contributed by atoms with Gasteiger partial charge in [0.25, 0.3) is 5.91 Å². The summed E-state index contributed by atoms with van der Waals surface area (Å²) in [5.74, 6) is -0.641. The summed E-state index contributed by atoms with van der Waals surface area (Å²) in [5.41, 5.74) is 3.50. The number of carbonyl (C=O) groups excluding carboxylic acids is 2. The van der Waals surface area contributed by atoms with E-state index in [1.807, 2.05) is 49.1 Å². The van der Waals surface area contributed by atoms with Gasteiger partial charge in [-0.1, -0.05) is 24.3 Å². The highest BCUT2D eigenvalue weighted by atomic mass is 19.1. The first kappa shape index (κ1) is 24.2. The van der Waals surface area contributed by atoms with Crippen LogP contribution >= 0.6 is 0 Å². The lowest BCUT2D eigenvalue weighted by molar-refractivity contribution is -0.148. The zero-order chi connectivity index (χ0) is 25.6. The fourth-order valence-electron chi connectivity index (χ4n) is 5.16. The van der Waals surface area contributed by atoms with Crippen molar-refractivity contribution >= 4 is 28.7 Å². The fourth-order valence-corrected chi connectivity index (χ4v) is 5.16. The van der Waals surface area contributed by atoms with E-state index in [-0.39, 0.29) is 11.9 Å². The van der Waals surface area contributed by atoms with Crippen LogP contribution in [0.2, 0.25) is 0 Å². The molecule has 8 heteroatoms. The van der Waals surface area contributed by atoms with Gasteiger partial charge in [0.1, 0.15) is 23.2 Å². The fraction of sp³-hybridized carbons (Fsp3) is 0.357. The van der Waals surface area contributed by atoms with Crippen molar-refractivity contribution in [2.24, 2.45) is 0 Å². The number of nitrogens with one attached hydrogen (secondary N) is 1. The largest absolute Gasteiger partial charge is 0.482 e. The zero-order valence-electron chi connectivity index (χ0n) is 20.5. The Morgan fingerprint density at radius 3 is 2.72 bits per heavy atom. The van der Waals surface area contributed by atoms with Gasteiger partial charge in [0.2, 0.25) is 0 Å². The number of benzene rings is 2. The summed E-state index contributed by atoms with van der Waals surface area (Å²) in [4.78, 5) is 26.9. The van der Waals surface area contributed by atoms with Crippen molar-refractivity contribution in [2.75, 3.05) is 18.5 Å². The van der Waals surface area contributed by atoms with Crippen molar-refractivity contribution in [1.29, 1.82) is 0 Å². The molecule has 0 aromatic heterocycles. The molecule has 3 heterocycles. The number of aliphatic hydroxyl groups excluding tert-OH is 1. The first-order valence-corrected chi connectivity index (χ1v) is 12.1. The second-order valence-electron chi connectivity index (χ2n) is 9.84. The van der Waals surface area contributed by atoms with Gasteiger partial charge in [0, 0.05) is 36.3 Å². The van der Waals surface area contributed by atoms with Crippen molar-refractivity contribution in [3.8, 4) is 0 Å². The molecule has 2 N–H and O–H groups in total. The number of esters is 1. The van der Waals surface area contributed by atoms with Crippen LogP contribution in [0.1, 0.15) is 43.9 Å². The summed E-state index contributed by atoms with van der Waals surface area (Å²) in [5, 5.41) is 12.9. The van der Waals surface area contributed by atoms with Crippen LogP contribution in [0.25, 0.3) is 11.1 Å². The van der Waals surface area contributed by atoms with E-state index in [9.17, 15) is 19.1 Å². The molecule has 3 aliphatic heterocycles. The molecule has 3 aliphatic rings. The number of amides is 1. The average molecular weight is 493 g/mol. The van der Waals surface area contributed by atoms with Gasteiger partial charge in [-0.15, -0.1) is 0 Å². The zero-order valence-corrected chi connectivity index (χ0v) is 20.5. The van der Waals surface area contributed by atoms with Crippen LogP contribution in [0.4, 0.5) is 10.1 Å². The normalized spacial score (nSPS) is 24.8. The Bertz CT molecular complexity index is 1280. The average Bonchev–Trinajstić information content (AvgIpc) is 3.45. The molecule has 188 valence electrons. The molecule has 2 atom stereocenters. The number of anilines is 1. The molecule has 0 bridgehead atoms. The van der Waals surface area contributed by atoms with Crippen LogP contribution in [-0.4, -0.2) is 52.8 Å². The van der Waals surface area contributed by atoms with Gasteiger partial charge in [-0.25, -0.2) is 4.39 Å². The highest BCUT2D eigenvalue weighted by Crippen LogP contribution is 2.44. The van der Waals surface area contributed by atoms with Crippen molar-refractivity contribution < 1.29 is 28.6 Å². The minimum atomic E-state index is -0.700. The van der Waals surface area contributed by atoms with Crippen LogP contribution in [0.15, 0.2) is 54.3 Å². The molecule has 0 saturated carbocycles. The maximum Gasteiger partial charge on any atom is 0.323 e. The molecule has 0 unspecified atom stereocenters. The molecule has 1 amide bonds. The number of allylic oxidation sites excluding steroid dienone is 1. The summed E-state index contributed by atoms with van der Waals surface area (Å²) in [6, 6.07) is 11.7. The number of aliphatic hydroxyl groups is 1. The molecule has 2 aromatic carbocycles.